The first-order chi connectivity index (χ1) is 7.65. The molecular weight excluding hydrogens is 258 g/mol. The Morgan fingerprint density at radius 1 is 1.12 bits per heavy atom. The lowest BCUT2D eigenvalue weighted by Crippen LogP contribution is -2.10. The van der Waals surface area contributed by atoms with Crippen LogP contribution in [0.2, 0.25) is 4.34 Å². The summed E-state index contributed by atoms with van der Waals surface area (Å²) in [6, 6.07) is 6.28. The molecule has 0 atom stereocenters. The maximum Gasteiger partial charge on any atom is 0.0931 e. The molecule has 0 saturated heterocycles. The summed E-state index contributed by atoms with van der Waals surface area (Å²) in [5, 5.41) is 3.43. The lowest BCUT2D eigenvalue weighted by Gasteiger charge is -1.99. The molecular formula is C12H14ClNS2. The average molecular weight is 272 g/mol. The highest BCUT2D eigenvalue weighted by Crippen LogP contribution is 2.22. The fraction of sp³-hybridized carbons (Fsp3) is 0.333. The Morgan fingerprint density at radius 3 is 2.44 bits per heavy atom. The zero-order chi connectivity index (χ0) is 11.5. The monoisotopic (exact) mass is 271 g/mol. The van der Waals surface area contributed by atoms with Crippen LogP contribution in [0.3, 0.4) is 0 Å². The van der Waals surface area contributed by atoms with E-state index in [1.807, 2.05) is 17.4 Å². The molecule has 2 rings (SSSR count). The maximum absolute atomic E-state index is 5.87. The summed E-state index contributed by atoms with van der Waals surface area (Å²) >= 11 is 9.38. The van der Waals surface area contributed by atoms with Crippen LogP contribution in [-0.4, -0.2) is 0 Å². The highest BCUT2D eigenvalue weighted by molar-refractivity contribution is 7.16. The van der Waals surface area contributed by atoms with Gasteiger partial charge < -0.3 is 5.32 Å². The Kier molecular flexibility index (Phi) is 4.03. The van der Waals surface area contributed by atoms with Crippen LogP contribution in [0.4, 0.5) is 0 Å². The number of halogens is 1. The molecule has 0 bridgehead atoms. The molecule has 2 aromatic rings. The zero-order valence-electron chi connectivity index (χ0n) is 9.34. The van der Waals surface area contributed by atoms with E-state index < -0.39 is 0 Å². The lowest BCUT2D eigenvalue weighted by molar-refractivity contribution is 0.709. The van der Waals surface area contributed by atoms with Gasteiger partial charge in [-0.1, -0.05) is 11.6 Å². The summed E-state index contributed by atoms with van der Waals surface area (Å²) < 4.78 is 0.861. The minimum Gasteiger partial charge on any atom is -0.307 e. The Labute approximate surface area is 109 Å². The van der Waals surface area contributed by atoms with E-state index in [2.05, 4.69) is 31.3 Å². The summed E-state index contributed by atoms with van der Waals surface area (Å²) in [5.41, 5.74) is 1.39. The van der Waals surface area contributed by atoms with Crippen LogP contribution in [0.25, 0.3) is 0 Å². The molecule has 0 fully saturated rings. The fourth-order valence-electron chi connectivity index (χ4n) is 1.49. The molecule has 2 aromatic heterocycles. The average Bonchev–Trinajstić information content (AvgIpc) is 2.75. The number of nitrogens with one attached hydrogen (secondary N) is 1. The van der Waals surface area contributed by atoms with Gasteiger partial charge in [-0.2, -0.15) is 0 Å². The molecule has 86 valence electrons. The van der Waals surface area contributed by atoms with Gasteiger partial charge in [0, 0.05) is 27.7 Å². The van der Waals surface area contributed by atoms with Gasteiger partial charge >= 0.3 is 0 Å². The van der Waals surface area contributed by atoms with Gasteiger partial charge in [0.1, 0.15) is 0 Å². The van der Waals surface area contributed by atoms with Gasteiger partial charge in [-0.3, -0.25) is 0 Å². The fourth-order valence-corrected chi connectivity index (χ4v) is 3.57. The second kappa shape index (κ2) is 5.32. The van der Waals surface area contributed by atoms with Gasteiger partial charge in [0.15, 0.2) is 0 Å². The van der Waals surface area contributed by atoms with Gasteiger partial charge in [0.25, 0.3) is 0 Å². The molecule has 0 spiro atoms. The lowest BCUT2D eigenvalue weighted by atomic mass is 10.3. The summed E-state index contributed by atoms with van der Waals surface area (Å²) in [6.07, 6.45) is 0. The van der Waals surface area contributed by atoms with E-state index in [1.165, 1.54) is 20.2 Å². The predicted molar refractivity (Wildman–Crippen MR) is 73.7 cm³/mol. The first kappa shape index (κ1) is 12.1. The molecule has 0 aliphatic carbocycles. The van der Waals surface area contributed by atoms with Crippen LogP contribution in [-0.2, 0) is 13.1 Å². The molecule has 1 N–H and O–H groups in total. The second-order valence-electron chi connectivity index (χ2n) is 3.76. The Balaban J connectivity index is 1.84. The molecule has 0 unspecified atom stereocenters. The van der Waals surface area contributed by atoms with Gasteiger partial charge in [-0.15, -0.1) is 22.7 Å². The van der Waals surface area contributed by atoms with Crippen molar-refractivity contribution in [1.29, 1.82) is 0 Å². The highest BCUT2D eigenvalue weighted by atomic mass is 35.5. The third-order valence-electron chi connectivity index (χ3n) is 2.44. The second-order valence-corrected chi connectivity index (χ2v) is 6.90. The molecule has 0 radical (unpaired) electrons. The Hall–Kier alpha value is -0.350. The van der Waals surface area contributed by atoms with Crippen molar-refractivity contribution in [2.24, 2.45) is 0 Å². The molecule has 0 aliphatic heterocycles. The van der Waals surface area contributed by atoms with Crippen molar-refractivity contribution >= 4 is 34.3 Å². The molecule has 2 heterocycles. The van der Waals surface area contributed by atoms with Gasteiger partial charge in [0.2, 0.25) is 0 Å². The smallest absolute Gasteiger partial charge is 0.0931 e. The van der Waals surface area contributed by atoms with Crippen LogP contribution >= 0.6 is 34.3 Å². The standard InChI is InChI=1S/C12H14ClNS2/c1-8-5-11(15-9(8)2)7-14-6-10-3-4-12(13)16-10/h3-5,14H,6-7H2,1-2H3. The van der Waals surface area contributed by atoms with E-state index in [0.29, 0.717) is 0 Å². The van der Waals surface area contributed by atoms with Gasteiger partial charge in [-0.25, -0.2) is 0 Å². The number of hydrogen-bond acceptors (Lipinski definition) is 3. The summed E-state index contributed by atoms with van der Waals surface area (Å²) in [6.45, 7) is 6.17. The van der Waals surface area contributed by atoms with Crippen LogP contribution in [0, 0.1) is 13.8 Å². The van der Waals surface area contributed by atoms with E-state index in [-0.39, 0.29) is 0 Å². The van der Waals surface area contributed by atoms with Crippen LogP contribution < -0.4 is 5.32 Å². The van der Waals surface area contributed by atoms with Crippen molar-refractivity contribution in [1.82, 2.24) is 5.32 Å². The number of hydrogen-bond donors (Lipinski definition) is 1. The van der Waals surface area contributed by atoms with E-state index in [1.54, 1.807) is 11.3 Å². The molecule has 0 aromatic carbocycles. The Morgan fingerprint density at radius 2 is 1.88 bits per heavy atom. The first-order valence-corrected chi connectivity index (χ1v) is 7.17. The molecule has 4 heteroatoms. The van der Waals surface area contributed by atoms with Crippen molar-refractivity contribution in [2.45, 2.75) is 26.9 Å². The summed E-state index contributed by atoms with van der Waals surface area (Å²) in [7, 11) is 0. The number of rotatable bonds is 4. The molecule has 0 amide bonds. The molecule has 0 aliphatic rings. The first-order valence-electron chi connectivity index (χ1n) is 5.16. The van der Waals surface area contributed by atoms with Crippen molar-refractivity contribution in [3.63, 3.8) is 0 Å². The minimum absolute atomic E-state index is 0.861. The Bertz CT molecular complexity index is 454. The van der Waals surface area contributed by atoms with Crippen molar-refractivity contribution in [3.8, 4) is 0 Å². The van der Waals surface area contributed by atoms with Crippen molar-refractivity contribution < 1.29 is 0 Å². The van der Waals surface area contributed by atoms with E-state index in [9.17, 15) is 0 Å². The third-order valence-corrected chi connectivity index (χ3v) is 4.83. The maximum atomic E-state index is 5.87. The molecule has 0 saturated carbocycles. The largest absolute Gasteiger partial charge is 0.307 e. The van der Waals surface area contributed by atoms with Crippen molar-refractivity contribution in [3.05, 3.63) is 42.7 Å². The van der Waals surface area contributed by atoms with Gasteiger partial charge in [0.05, 0.1) is 4.34 Å². The molecule has 16 heavy (non-hydrogen) atoms. The topological polar surface area (TPSA) is 12.0 Å². The number of thiophene rings is 2. The predicted octanol–water partition coefficient (Wildman–Crippen LogP) is 4.37. The van der Waals surface area contributed by atoms with Crippen molar-refractivity contribution in [2.75, 3.05) is 0 Å². The third kappa shape index (κ3) is 3.08. The van der Waals surface area contributed by atoms with Crippen LogP contribution in [0.15, 0.2) is 18.2 Å². The SMILES string of the molecule is Cc1cc(CNCc2ccc(Cl)s2)sc1C. The quantitative estimate of drug-likeness (QED) is 0.871. The van der Waals surface area contributed by atoms with E-state index >= 15 is 0 Å². The summed E-state index contributed by atoms with van der Waals surface area (Å²) in [5.74, 6) is 0. The summed E-state index contributed by atoms with van der Waals surface area (Å²) in [4.78, 5) is 4.10. The minimum atomic E-state index is 0.861. The van der Waals surface area contributed by atoms with E-state index in [0.717, 1.165) is 17.4 Å². The van der Waals surface area contributed by atoms with Crippen LogP contribution in [0.5, 0.6) is 0 Å². The normalized spacial score (nSPS) is 10.9. The molecule has 1 nitrogen and oxygen atoms in total. The zero-order valence-corrected chi connectivity index (χ0v) is 11.7. The van der Waals surface area contributed by atoms with Gasteiger partial charge in [-0.05, 0) is 37.6 Å². The highest BCUT2D eigenvalue weighted by Gasteiger charge is 2.02. The van der Waals surface area contributed by atoms with E-state index in [4.69, 9.17) is 11.6 Å². The number of aryl methyl sites for hydroxylation is 2. The van der Waals surface area contributed by atoms with Crippen LogP contribution in [0.1, 0.15) is 20.2 Å².